The van der Waals surface area contributed by atoms with Crippen molar-refractivity contribution in [1.82, 2.24) is 20.8 Å². The van der Waals surface area contributed by atoms with E-state index < -0.39 is 0 Å². The summed E-state index contributed by atoms with van der Waals surface area (Å²) in [4.78, 5) is 14.6. The Morgan fingerprint density at radius 2 is 2.24 bits per heavy atom. The summed E-state index contributed by atoms with van der Waals surface area (Å²) < 4.78 is 14.0. The number of anilines is 1. The van der Waals surface area contributed by atoms with Crippen molar-refractivity contribution >= 4 is 11.6 Å². The van der Waals surface area contributed by atoms with E-state index in [0.29, 0.717) is 24.5 Å². The second kappa shape index (κ2) is 6.84. The number of hydrogen-bond acceptors (Lipinski definition) is 4. The first-order valence-corrected chi connectivity index (χ1v) is 8.79. The van der Waals surface area contributed by atoms with Crippen molar-refractivity contribution in [2.24, 2.45) is 0 Å². The van der Waals surface area contributed by atoms with Gasteiger partial charge in [0.25, 0.3) is 5.91 Å². The minimum atomic E-state index is -0.220. The van der Waals surface area contributed by atoms with E-state index >= 15 is 0 Å². The highest BCUT2D eigenvalue weighted by molar-refractivity contribution is 5.94. The SMILES string of the molecule is O=C(NC1CCCN(c2ccccc2F)C1)c1n[nH]c2c1CNCC2. The van der Waals surface area contributed by atoms with E-state index in [1.165, 1.54) is 6.07 Å². The first-order chi connectivity index (χ1) is 12.2. The topological polar surface area (TPSA) is 73.0 Å². The second-order valence-corrected chi connectivity index (χ2v) is 6.67. The standard InChI is InChI=1S/C18H22FN5O/c19-14-5-1-2-6-16(14)24-9-3-4-12(11-24)21-18(25)17-13-10-20-8-7-15(13)22-23-17/h1-2,5-6,12,20H,3-4,7-11H2,(H,21,25)(H,22,23). The average molecular weight is 343 g/mol. The number of para-hydroxylation sites is 1. The van der Waals surface area contributed by atoms with Crippen molar-refractivity contribution in [3.8, 4) is 0 Å². The van der Waals surface area contributed by atoms with Gasteiger partial charge in [0.2, 0.25) is 0 Å². The van der Waals surface area contributed by atoms with Gasteiger partial charge in [-0.25, -0.2) is 4.39 Å². The van der Waals surface area contributed by atoms with Crippen LogP contribution in [0.15, 0.2) is 24.3 Å². The first-order valence-electron chi connectivity index (χ1n) is 8.79. The molecule has 0 spiro atoms. The predicted molar refractivity (Wildman–Crippen MR) is 93.1 cm³/mol. The molecule has 2 aliphatic heterocycles. The normalized spacial score (nSPS) is 20.2. The summed E-state index contributed by atoms with van der Waals surface area (Å²) in [5.74, 6) is -0.372. The zero-order chi connectivity index (χ0) is 17.2. The van der Waals surface area contributed by atoms with Crippen LogP contribution in [0, 0.1) is 5.82 Å². The van der Waals surface area contributed by atoms with Crippen LogP contribution in [0.5, 0.6) is 0 Å². The summed E-state index contributed by atoms with van der Waals surface area (Å²) in [6.07, 6.45) is 2.67. The summed E-state index contributed by atoms with van der Waals surface area (Å²) in [5, 5.41) is 13.5. The minimum absolute atomic E-state index is 0.00949. The molecule has 1 aromatic heterocycles. The number of nitrogens with zero attached hydrogens (tertiary/aromatic N) is 2. The molecule has 1 unspecified atom stereocenters. The van der Waals surface area contributed by atoms with Crippen LogP contribution in [0.2, 0.25) is 0 Å². The minimum Gasteiger partial charge on any atom is -0.367 e. The number of aromatic amines is 1. The fourth-order valence-electron chi connectivity index (χ4n) is 3.69. The highest BCUT2D eigenvalue weighted by Crippen LogP contribution is 2.23. The maximum absolute atomic E-state index is 14.0. The van der Waals surface area contributed by atoms with Gasteiger partial charge < -0.3 is 15.5 Å². The fraction of sp³-hybridized carbons (Fsp3) is 0.444. The lowest BCUT2D eigenvalue weighted by atomic mass is 10.0. The number of hydrogen-bond donors (Lipinski definition) is 3. The number of fused-ring (bicyclic) bond motifs is 1. The van der Waals surface area contributed by atoms with Gasteiger partial charge >= 0.3 is 0 Å². The van der Waals surface area contributed by atoms with E-state index in [1.54, 1.807) is 12.1 Å². The molecular formula is C18H22FN5O. The molecule has 0 bridgehead atoms. The molecular weight excluding hydrogens is 321 g/mol. The van der Waals surface area contributed by atoms with Crippen molar-refractivity contribution < 1.29 is 9.18 Å². The van der Waals surface area contributed by atoms with Gasteiger partial charge in [-0.05, 0) is 25.0 Å². The Hall–Kier alpha value is -2.41. The van der Waals surface area contributed by atoms with Crippen molar-refractivity contribution in [3.05, 3.63) is 47.0 Å². The van der Waals surface area contributed by atoms with Gasteiger partial charge in [-0.3, -0.25) is 9.89 Å². The summed E-state index contributed by atoms with van der Waals surface area (Å²) in [6, 6.07) is 6.78. The van der Waals surface area contributed by atoms with Gasteiger partial charge in [0.15, 0.2) is 5.69 Å². The van der Waals surface area contributed by atoms with Crippen molar-refractivity contribution in [3.63, 3.8) is 0 Å². The van der Waals surface area contributed by atoms with Crippen LogP contribution < -0.4 is 15.5 Å². The summed E-state index contributed by atoms with van der Waals surface area (Å²) in [7, 11) is 0. The van der Waals surface area contributed by atoms with Gasteiger partial charge in [0.05, 0.1) is 5.69 Å². The number of halogens is 1. The fourth-order valence-corrected chi connectivity index (χ4v) is 3.69. The molecule has 0 aliphatic carbocycles. The number of nitrogens with one attached hydrogen (secondary N) is 3. The van der Waals surface area contributed by atoms with Crippen molar-refractivity contribution in [2.75, 3.05) is 24.5 Å². The third-order valence-corrected chi connectivity index (χ3v) is 4.97. The van der Waals surface area contributed by atoms with Crippen LogP contribution in [0.1, 0.15) is 34.6 Å². The van der Waals surface area contributed by atoms with E-state index in [4.69, 9.17) is 0 Å². The molecule has 2 aliphatic rings. The zero-order valence-corrected chi connectivity index (χ0v) is 14.0. The smallest absolute Gasteiger partial charge is 0.272 e. The van der Waals surface area contributed by atoms with Crippen LogP contribution in [0.3, 0.4) is 0 Å². The Labute approximate surface area is 145 Å². The Morgan fingerprint density at radius 1 is 1.36 bits per heavy atom. The summed E-state index contributed by atoms with van der Waals surface area (Å²) in [5.41, 5.74) is 3.08. The Morgan fingerprint density at radius 3 is 3.12 bits per heavy atom. The molecule has 25 heavy (non-hydrogen) atoms. The molecule has 0 saturated carbocycles. The number of piperidine rings is 1. The lowest BCUT2D eigenvalue weighted by Crippen LogP contribution is -2.48. The third-order valence-electron chi connectivity index (χ3n) is 4.97. The Kier molecular flexibility index (Phi) is 4.40. The molecule has 1 atom stereocenters. The Bertz CT molecular complexity index is 775. The van der Waals surface area contributed by atoms with Crippen LogP contribution in [-0.4, -0.2) is 41.8 Å². The predicted octanol–water partition coefficient (Wildman–Crippen LogP) is 1.59. The maximum atomic E-state index is 14.0. The van der Waals surface area contributed by atoms with Gasteiger partial charge in [-0.15, -0.1) is 0 Å². The largest absolute Gasteiger partial charge is 0.367 e. The second-order valence-electron chi connectivity index (χ2n) is 6.67. The number of carbonyl (C=O) groups is 1. The lowest BCUT2D eigenvalue weighted by molar-refractivity contribution is 0.0927. The number of carbonyl (C=O) groups excluding carboxylic acids is 1. The van der Waals surface area contributed by atoms with Crippen molar-refractivity contribution in [2.45, 2.75) is 31.8 Å². The van der Waals surface area contributed by atoms with Crippen molar-refractivity contribution in [1.29, 1.82) is 0 Å². The molecule has 6 nitrogen and oxygen atoms in total. The number of benzene rings is 1. The third kappa shape index (κ3) is 3.24. The molecule has 4 rings (SSSR count). The molecule has 7 heteroatoms. The number of amides is 1. The van der Waals surface area contributed by atoms with E-state index in [9.17, 15) is 9.18 Å². The van der Waals surface area contributed by atoms with E-state index in [0.717, 1.165) is 43.6 Å². The van der Waals surface area contributed by atoms with Crippen LogP contribution in [-0.2, 0) is 13.0 Å². The average Bonchev–Trinajstić information content (AvgIpc) is 3.06. The van der Waals surface area contributed by atoms with Crippen LogP contribution in [0.25, 0.3) is 0 Å². The molecule has 1 fully saturated rings. The van der Waals surface area contributed by atoms with E-state index in [-0.39, 0.29) is 17.8 Å². The first kappa shape index (κ1) is 16.1. The van der Waals surface area contributed by atoms with Gasteiger partial charge in [0.1, 0.15) is 5.82 Å². The monoisotopic (exact) mass is 343 g/mol. The van der Waals surface area contributed by atoms with Crippen LogP contribution >= 0.6 is 0 Å². The molecule has 1 aromatic carbocycles. The van der Waals surface area contributed by atoms with E-state index in [2.05, 4.69) is 20.8 Å². The summed E-state index contributed by atoms with van der Waals surface area (Å²) >= 11 is 0. The quantitative estimate of drug-likeness (QED) is 0.791. The maximum Gasteiger partial charge on any atom is 0.272 e. The Balaban J connectivity index is 1.45. The molecule has 1 saturated heterocycles. The van der Waals surface area contributed by atoms with E-state index in [1.807, 2.05) is 11.0 Å². The lowest BCUT2D eigenvalue weighted by Gasteiger charge is -2.34. The highest BCUT2D eigenvalue weighted by atomic mass is 19.1. The van der Waals surface area contributed by atoms with Gasteiger partial charge in [-0.1, -0.05) is 12.1 Å². The zero-order valence-electron chi connectivity index (χ0n) is 14.0. The molecule has 1 amide bonds. The number of H-pyrrole nitrogens is 1. The molecule has 3 N–H and O–H groups in total. The highest BCUT2D eigenvalue weighted by Gasteiger charge is 2.26. The van der Waals surface area contributed by atoms with Gasteiger partial charge in [0, 0.05) is 49.9 Å². The number of rotatable bonds is 3. The summed E-state index contributed by atoms with van der Waals surface area (Å²) in [6.45, 7) is 2.98. The number of aromatic nitrogens is 2. The molecule has 132 valence electrons. The van der Waals surface area contributed by atoms with Crippen LogP contribution in [0.4, 0.5) is 10.1 Å². The molecule has 2 aromatic rings. The van der Waals surface area contributed by atoms with Gasteiger partial charge in [-0.2, -0.15) is 5.10 Å². The molecule has 0 radical (unpaired) electrons. The molecule has 3 heterocycles.